The van der Waals surface area contributed by atoms with E-state index in [2.05, 4.69) is 5.32 Å². The van der Waals surface area contributed by atoms with Crippen LogP contribution in [0, 0.1) is 5.92 Å². The van der Waals surface area contributed by atoms with E-state index in [9.17, 15) is 19.2 Å². The highest BCUT2D eigenvalue weighted by Crippen LogP contribution is 2.37. The fourth-order valence-corrected chi connectivity index (χ4v) is 6.70. The van der Waals surface area contributed by atoms with Gasteiger partial charge in [-0.2, -0.15) is 0 Å². The van der Waals surface area contributed by atoms with E-state index < -0.39 is 5.63 Å². The number of hydrogen-bond acceptors (Lipinski definition) is 7. The zero-order chi connectivity index (χ0) is 30.4. The molecule has 2 aliphatic rings. The van der Waals surface area contributed by atoms with Gasteiger partial charge in [0.1, 0.15) is 22.5 Å². The van der Waals surface area contributed by atoms with E-state index in [1.807, 2.05) is 39.8 Å². The molecule has 7 rings (SSSR count). The summed E-state index contributed by atoms with van der Waals surface area (Å²) < 4.78 is 19.0. The Balaban J connectivity index is 1.08. The van der Waals surface area contributed by atoms with Gasteiger partial charge < -0.3 is 28.4 Å². The highest BCUT2D eigenvalue weighted by Gasteiger charge is 2.36. The minimum atomic E-state index is -0.584. The quantitative estimate of drug-likeness (QED) is 0.282. The number of furan rings is 1. The molecule has 1 fully saturated rings. The van der Waals surface area contributed by atoms with E-state index in [-0.39, 0.29) is 54.0 Å². The largest absolute Gasteiger partial charge is 0.497 e. The number of nitrogens with zero attached hydrogens (tertiary/aromatic N) is 2. The molecule has 0 spiro atoms. The van der Waals surface area contributed by atoms with Crippen LogP contribution in [0.1, 0.15) is 30.0 Å². The van der Waals surface area contributed by atoms with Gasteiger partial charge in [-0.25, -0.2) is 4.79 Å². The molecule has 0 saturated carbocycles. The van der Waals surface area contributed by atoms with Gasteiger partial charge in [0, 0.05) is 61.4 Å². The highest BCUT2D eigenvalue weighted by atomic mass is 16.5. The minimum absolute atomic E-state index is 0.00574. The van der Waals surface area contributed by atoms with Crippen LogP contribution in [0.5, 0.6) is 5.75 Å². The Morgan fingerprint density at radius 2 is 1.77 bits per heavy atom. The Morgan fingerprint density at radius 3 is 2.59 bits per heavy atom. The van der Waals surface area contributed by atoms with Gasteiger partial charge >= 0.3 is 5.63 Å². The second kappa shape index (κ2) is 11.2. The van der Waals surface area contributed by atoms with Crippen molar-refractivity contribution < 1.29 is 23.2 Å². The normalized spacial score (nSPS) is 17.4. The number of carbonyl (C=O) groups excluding carboxylic acids is 2. The average molecular weight is 594 g/mol. The number of piperidine rings is 1. The molecular weight excluding hydrogens is 562 g/mol. The van der Waals surface area contributed by atoms with Gasteiger partial charge in [0.25, 0.3) is 5.56 Å². The summed E-state index contributed by atoms with van der Waals surface area (Å²) in [5.41, 5.74) is 2.27. The zero-order valence-corrected chi connectivity index (χ0v) is 24.2. The number of likely N-dealkylation sites (tertiary alicyclic amines) is 1. The molecule has 5 heterocycles. The van der Waals surface area contributed by atoms with Crippen molar-refractivity contribution in [1.29, 1.82) is 0 Å². The van der Waals surface area contributed by atoms with E-state index in [4.69, 9.17) is 13.6 Å². The molecule has 5 aromatic rings. The molecule has 2 bridgehead atoms. The molecule has 2 atom stereocenters. The maximum absolute atomic E-state index is 13.2. The number of para-hydroxylation sites is 1. The summed E-state index contributed by atoms with van der Waals surface area (Å²) in [6.07, 6.45) is 0.977. The van der Waals surface area contributed by atoms with Crippen molar-refractivity contribution in [2.24, 2.45) is 5.92 Å². The van der Waals surface area contributed by atoms with E-state index >= 15 is 0 Å². The molecule has 0 radical (unpaired) electrons. The number of methoxy groups -OCH3 is 1. The van der Waals surface area contributed by atoms with Crippen LogP contribution in [0.3, 0.4) is 0 Å². The van der Waals surface area contributed by atoms with E-state index in [1.165, 1.54) is 0 Å². The van der Waals surface area contributed by atoms with E-state index in [0.717, 1.165) is 12.1 Å². The van der Waals surface area contributed by atoms with Crippen molar-refractivity contribution in [3.8, 4) is 17.1 Å². The molecule has 3 aromatic heterocycles. The highest BCUT2D eigenvalue weighted by molar-refractivity contribution is 6.05. The molecule has 10 heteroatoms. The third-order valence-electron chi connectivity index (χ3n) is 8.73. The summed E-state index contributed by atoms with van der Waals surface area (Å²) in [7, 11) is 1.58. The molecule has 0 aliphatic carbocycles. The maximum atomic E-state index is 13.2. The van der Waals surface area contributed by atoms with Gasteiger partial charge in [-0.15, -0.1) is 0 Å². The Hall–Kier alpha value is -5.12. The van der Waals surface area contributed by atoms with Crippen LogP contribution < -0.4 is 21.2 Å². The van der Waals surface area contributed by atoms with Crippen LogP contribution >= 0.6 is 0 Å². The van der Waals surface area contributed by atoms with Crippen molar-refractivity contribution in [2.45, 2.75) is 31.7 Å². The molecular formula is C34H31N3O7. The first-order valence-electron chi connectivity index (χ1n) is 14.8. The Morgan fingerprint density at radius 1 is 0.955 bits per heavy atom. The average Bonchev–Trinajstić information content (AvgIpc) is 3.41. The molecule has 2 aliphatic heterocycles. The number of fused-ring (bicyclic) bond motifs is 7. The second-order valence-electron chi connectivity index (χ2n) is 11.5. The van der Waals surface area contributed by atoms with Gasteiger partial charge in [0.2, 0.25) is 11.8 Å². The third kappa shape index (κ3) is 4.96. The second-order valence-corrected chi connectivity index (χ2v) is 11.5. The SMILES string of the molecule is COc1ccc(-c2oc3c(c2CC(=O)NCCC(=O)N2C[C@H]4C[C@@H](C2)c2cccc(=O)n2C4)c(=O)oc2ccccc23)cc1. The summed E-state index contributed by atoms with van der Waals surface area (Å²) in [6.45, 7) is 1.93. The molecule has 2 aromatic carbocycles. The van der Waals surface area contributed by atoms with Gasteiger partial charge in [-0.05, 0) is 54.8 Å². The molecule has 0 unspecified atom stereocenters. The summed E-state index contributed by atoms with van der Waals surface area (Å²) in [6, 6.07) is 19.6. The van der Waals surface area contributed by atoms with Crippen molar-refractivity contribution in [3.05, 3.63) is 98.8 Å². The summed E-state index contributed by atoms with van der Waals surface area (Å²) in [4.78, 5) is 53.7. The predicted molar refractivity (Wildman–Crippen MR) is 164 cm³/mol. The van der Waals surface area contributed by atoms with Gasteiger partial charge in [0.15, 0.2) is 5.58 Å². The number of rotatable bonds is 7. The number of nitrogens with one attached hydrogen (secondary N) is 1. The standard InChI is InChI=1S/C34H31N3O7/c1-42-23-11-9-21(10-12-23)32-25(31-33(44-32)24-5-2-3-7-27(24)43-34(31)41)16-28(38)35-14-13-29(39)36-17-20-15-22(19-36)26-6-4-8-30(40)37(26)18-20/h2-12,20,22H,13-19H2,1H3,(H,35,38)/t20-,22+/m1/s1. The van der Waals surface area contributed by atoms with Crippen LogP contribution in [0.25, 0.3) is 33.3 Å². The van der Waals surface area contributed by atoms with Crippen LogP contribution in [-0.4, -0.2) is 48.0 Å². The Bertz CT molecular complexity index is 2020. The number of amides is 2. The predicted octanol–water partition coefficient (Wildman–Crippen LogP) is 4.07. The number of pyridine rings is 1. The number of hydrogen-bond donors (Lipinski definition) is 1. The van der Waals surface area contributed by atoms with Crippen molar-refractivity contribution >= 4 is 33.8 Å². The first-order chi connectivity index (χ1) is 21.4. The maximum Gasteiger partial charge on any atom is 0.347 e. The molecule has 2 amide bonds. The Labute approximate surface area is 251 Å². The molecule has 224 valence electrons. The summed E-state index contributed by atoms with van der Waals surface area (Å²) >= 11 is 0. The fourth-order valence-electron chi connectivity index (χ4n) is 6.70. The summed E-state index contributed by atoms with van der Waals surface area (Å²) in [5.74, 6) is 1.04. The third-order valence-corrected chi connectivity index (χ3v) is 8.73. The lowest BCUT2D eigenvalue weighted by Gasteiger charge is -2.42. The fraction of sp³-hybridized carbons (Fsp3) is 0.294. The van der Waals surface area contributed by atoms with Crippen LogP contribution in [0.4, 0.5) is 0 Å². The van der Waals surface area contributed by atoms with Gasteiger partial charge in [-0.1, -0.05) is 18.2 Å². The first-order valence-corrected chi connectivity index (χ1v) is 14.8. The van der Waals surface area contributed by atoms with Crippen LogP contribution in [-0.2, 0) is 22.6 Å². The minimum Gasteiger partial charge on any atom is -0.497 e. The summed E-state index contributed by atoms with van der Waals surface area (Å²) in [5, 5.41) is 3.71. The van der Waals surface area contributed by atoms with Crippen molar-refractivity contribution in [2.75, 3.05) is 26.7 Å². The van der Waals surface area contributed by atoms with Crippen LogP contribution in [0.2, 0.25) is 0 Å². The smallest absolute Gasteiger partial charge is 0.347 e. The van der Waals surface area contributed by atoms with Crippen molar-refractivity contribution in [1.82, 2.24) is 14.8 Å². The lowest BCUT2D eigenvalue weighted by Crippen LogP contribution is -2.49. The number of benzene rings is 2. The molecule has 44 heavy (non-hydrogen) atoms. The number of aromatic nitrogens is 1. The van der Waals surface area contributed by atoms with Gasteiger partial charge in [0.05, 0.1) is 18.9 Å². The lowest BCUT2D eigenvalue weighted by atomic mass is 9.83. The van der Waals surface area contributed by atoms with Crippen LogP contribution in [0.15, 0.2) is 85.2 Å². The van der Waals surface area contributed by atoms with Crippen molar-refractivity contribution in [3.63, 3.8) is 0 Å². The molecule has 10 nitrogen and oxygen atoms in total. The number of ether oxygens (including phenoxy) is 1. The lowest BCUT2D eigenvalue weighted by molar-refractivity contribution is -0.133. The monoisotopic (exact) mass is 593 g/mol. The Kier molecular flexibility index (Phi) is 7.04. The molecule has 1 N–H and O–H groups in total. The van der Waals surface area contributed by atoms with E-state index in [0.29, 0.717) is 58.8 Å². The van der Waals surface area contributed by atoms with E-state index in [1.54, 1.807) is 43.5 Å². The van der Waals surface area contributed by atoms with Gasteiger partial charge in [-0.3, -0.25) is 14.4 Å². The zero-order valence-electron chi connectivity index (χ0n) is 24.2. The molecule has 1 saturated heterocycles. The topological polar surface area (TPSA) is 124 Å². The number of carbonyl (C=O) groups is 2. The first kappa shape index (κ1) is 27.7.